The third-order valence-corrected chi connectivity index (χ3v) is 17.4. The Morgan fingerprint density at radius 1 is 0.778 bits per heavy atom. The molecule has 2 N–H and O–H groups in total. The van der Waals surface area contributed by atoms with Crippen LogP contribution >= 0.6 is 11.3 Å². The Morgan fingerprint density at radius 3 is 2.22 bits per heavy atom. The van der Waals surface area contributed by atoms with E-state index in [1.807, 2.05) is 18.3 Å². The summed E-state index contributed by atoms with van der Waals surface area (Å²) in [5.41, 5.74) is 12.9. The minimum Gasteiger partial charge on any atom is -0.378 e. The quantitative estimate of drug-likeness (QED) is 0.0303. The standard InChI is InChI=1S/C55H64N4O2SSi/c1-36(2)50(60)21-14-12-11-13-18-43-42-19-15-16-20-44(42)49(34-56-28-17-29-57-55(61)37(3)4)45-25-22-38(30-48(43)45)51-31-39(35-62-51)54-46-26-23-40(58(5)6)32-52(46)63(9,10)53-33-41(59(7)8)24-27-47(53)54/h15-16,19-20,22-27,30-33,35,56H,1,3,11-14,17-18,21,28-29,34H2,2,4-10H3/p+1. The monoisotopic (exact) mass is 873 g/mol. The van der Waals surface area contributed by atoms with Gasteiger partial charge in [0.2, 0.25) is 5.91 Å². The van der Waals surface area contributed by atoms with Crippen molar-refractivity contribution >= 4 is 74.8 Å². The van der Waals surface area contributed by atoms with Gasteiger partial charge in [-0.2, -0.15) is 0 Å². The molecule has 6 nitrogen and oxygen atoms in total. The molecule has 8 heteroatoms. The maximum Gasteiger partial charge on any atom is 0.246 e. The topological polar surface area (TPSA) is 64.5 Å². The SMILES string of the molecule is C=C(C)C(=O)CCCCCCc1c2ccccc2c(CNCCCNC(=O)C(=C)C)c2ccc(-c3cc(C4=C5C=CC(=[N+](C)C)C=C5[Si](C)(C)c5cc(N(C)C)ccc54)cs3)cc12. The Bertz CT molecular complexity index is 2760. The van der Waals surface area contributed by atoms with Crippen molar-refractivity contribution in [3.63, 3.8) is 0 Å². The minimum atomic E-state index is -2.05. The highest BCUT2D eigenvalue weighted by Gasteiger charge is 2.40. The summed E-state index contributed by atoms with van der Waals surface area (Å²) in [7, 11) is 6.49. The third kappa shape index (κ3) is 9.74. The van der Waals surface area contributed by atoms with E-state index in [0.717, 1.165) is 51.6 Å². The van der Waals surface area contributed by atoms with Crippen molar-refractivity contribution in [1.29, 1.82) is 0 Å². The molecule has 326 valence electrons. The molecule has 0 fully saturated rings. The predicted molar refractivity (Wildman–Crippen MR) is 274 cm³/mol. The summed E-state index contributed by atoms with van der Waals surface area (Å²) in [4.78, 5) is 27.7. The average Bonchev–Trinajstić information content (AvgIpc) is 3.75. The van der Waals surface area contributed by atoms with E-state index in [1.54, 1.807) is 6.92 Å². The summed E-state index contributed by atoms with van der Waals surface area (Å²) < 4.78 is 2.22. The molecule has 63 heavy (non-hydrogen) atoms. The molecule has 0 spiro atoms. The molecule has 0 atom stereocenters. The van der Waals surface area contributed by atoms with E-state index in [0.29, 0.717) is 24.1 Å². The summed E-state index contributed by atoms with van der Waals surface area (Å²) in [5, 5.41) is 17.2. The summed E-state index contributed by atoms with van der Waals surface area (Å²) in [6.45, 7) is 18.3. The van der Waals surface area contributed by atoms with Gasteiger partial charge in [0.05, 0.1) is 0 Å². The third-order valence-electron chi connectivity index (χ3n) is 12.9. The van der Waals surface area contributed by atoms with E-state index < -0.39 is 8.07 Å². The molecule has 0 saturated heterocycles. The zero-order valence-corrected chi connectivity index (χ0v) is 40.6. The lowest BCUT2D eigenvalue weighted by Gasteiger charge is -2.38. The maximum absolute atomic E-state index is 12.2. The van der Waals surface area contributed by atoms with Crippen LogP contribution in [0, 0.1) is 0 Å². The largest absolute Gasteiger partial charge is 0.378 e. The molecule has 0 radical (unpaired) electrons. The highest BCUT2D eigenvalue weighted by Crippen LogP contribution is 2.45. The van der Waals surface area contributed by atoms with Gasteiger partial charge in [0.15, 0.2) is 11.5 Å². The van der Waals surface area contributed by atoms with Crippen molar-refractivity contribution in [3.8, 4) is 10.4 Å². The number of hydrogen-bond donors (Lipinski definition) is 2. The van der Waals surface area contributed by atoms with Crippen LogP contribution < -0.4 is 20.7 Å². The summed E-state index contributed by atoms with van der Waals surface area (Å²) in [5.74, 6) is 0.0846. The molecule has 1 aliphatic heterocycles. The maximum atomic E-state index is 12.2. The first kappa shape index (κ1) is 45.6. The smallest absolute Gasteiger partial charge is 0.246 e. The van der Waals surface area contributed by atoms with E-state index in [1.165, 1.54) is 87.2 Å². The van der Waals surface area contributed by atoms with Crippen LogP contribution in [0.15, 0.2) is 125 Å². The van der Waals surface area contributed by atoms with E-state index in [9.17, 15) is 9.59 Å². The number of ketones is 1. The van der Waals surface area contributed by atoms with Crippen molar-refractivity contribution in [2.75, 3.05) is 46.2 Å². The number of nitrogens with one attached hydrogen (secondary N) is 2. The van der Waals surface area contributed by atoms with Crippen LogP contribution in [-0.2, 0) is 22.6 Å². The van der Waals surface area contributed by atoms with Gasteiger partial charge in [-0.3, -0.25) is 9.59 Å². The lowest BCUT2D eigenvalue weighted by atomic mass is 9.88. The van der Waals surface area contributed by atoms with Crippen molar-refractivity contribution in [3.05, 3.63) is 148 Å². The fourth-order valence-corrected chi connectivity index (χ4v) is 13.2. The van der Waals surface area contributed by atoms with E-state index >= 15 is 0 Å². The number of nitrogens with zero attached hydrogens (tertiary/aromatic N) is 2. The normalized spacial score (nSPS) is 14.1. The first-order valence-electron chi connectivity index (χ1n) is 22.6. The zero-order chi connectivity index (χ0) is 45.0. The highest BCUT2D eigenvalue weighted by atomic mass is 32.1. The van der Waals surface area contributed by atoms with Crippen molar-refractivity contribution in [2.45, 2.75) is 78.4 Å². The first-order chi connectivity index (χ1) is 30.2. The molecule has 4 aromatic carbocycles. The van der Waals surface area contributed by atoms with E-state index in [2.05, 4.69) is 165 Å². The number of carbonyl (C=O) groups is 2. The number of fused-ring (bicyclic) bond motifs is 4. The first-order valence-corrected chi connectivity index (χ1v) is 26.4. The number of Topliss-reactive ketones (excluding diaryl/α,β-unsaturated/α-hetero) is 1. The molecule has 0 bridgehead atoms. The molecule has 2 heterocycles. The van der Waals surface area contributed by atoms with Gasteiger partial charge in [-0.1, -0.05) is 81.6 Å². The number of carbonyl (C=O) groups excluding carboxylic acids is 2. The lowest BCUT2D eigenvalue weighted by molar-refractivity contribution is -0.462. The zero-order valence-electron chi connectivity index (χ0n) is 38.8. The highest BCUT2D eigenvalue weighted by molar-refractivity contribution is 7.13. The number of aryl methyl sites for hydroxylation is 1. The number of thiophene rings is 1. The van der Waals surface area contributed by atoms with Gasteiger partial charge in [-0.25, -0.2) is 4.58 Å². The molecule has 0 saturated carbocycles. The summed E-state index contributed by atoms with van der Waals surface area (Å²) >= 11 is 1.83. The van der Waals surface area contributed by atoms with Crippen LogP contribution in [0.1, 0.15) is 74.6 Å². The second-order valence-electron chi connectivity index (χ2n) is 18.4. The van der Waals surface area contributed by atoms with Gasteiger partial charge in [0.1, 0.15) is 22.2 Å². The number of rotatable bonds is 18. The summed E-state index contributed by atoms with van der Waals surface area (Å²) in [6.07, 6.45) is 13.5. The van der Waals surface area contributed by atoms with Crippen molar-refractivity contribution in [1.82, 2.24) is 10.6 Å². The minimum absolute atomic E-state index is 0.0913. The number of anilines is 1. The van der Waals surface area contributed by atoms with E-state index in [4.69, 9.17) is 0 Å². The van der Waals surface area contributed by atoms with Crippen LogP contribution in [0.4, 0.5) is 5.69 Å². The number of benzene rings is 4. The Labute approximate surface area is 380 Å². The van der Waals surface area contributed by atoms with Gasteiger partial charge < -0.3 is 15.5 Å². The number of allylic oxidation sites excluding steroid dienone is 6. The fourth-order valence-electron chi connectivity index (χ4n) is 9.21. The molecule has 1 aromatic heterocycles. The second kappa shape index (κ2) is 19.5. The molecule has 5 aromatic rings. The predicted octanol–water partition coefficient (Wildman–Crippen LogP) is 11.1. The lowest BCUT2D eigenvalue weighted by Crippen LogP contribution is -2.49. The van der Waals surface area contributed by atoms with Crippen LogP contribution in [-0.4, -0.2) is 71.3 Å². The summed E-state index contributed by atoms with van der Waals surface area (Å²) in [6, 6.07) is 25.5. The van der Waals surface area contributed by atoms with Crippen molar-refractivity contribution < 1.29 is 14.2 Å². The van der Waals surface area contributed by atoms with Gasteiger partial charge in [0, 0.05) is 61.9 Å². The molecule has 1 aliphatic carbocycles. The van der Waals surface area contributed by atoms with Gasteiger partial charge in [-0.15, -0.1) is 11.3 Å². The number of hydrogen-bond acceptors (Lipinski definition) is 5. The second-order valence-corrected chi connectivity index (χ2v) is 23.6. The van der Waals surface area contributed by atoms with Crippen LogP contribution in [0.2, 0.25) is 13.1 Å². The molecular formula is C55H65N4O2SSi+. The Hall–Kier alpha value is -5.41. The van der Waals surface area contributed by atoms with Crippen molar-refractivity contribution in [2.24, 2.45) is 0 Å². The van der Waals surface area contributed by atoms with Crippen LogP contribution in [0.3, 0.4) is 0 Å². The van der Waals surface area contributed by atoms with Gasteiger partial charge in [0.25, 0.3) is 0 Å². The number of amides is 1. The Kier molecular flexibility index (Phi) is 14.1. The van der Waals surface area contributed by atoms with Gasteiger partial charge in [-0.05, 0) is 158 Å². The molecular weight excluding hydrogens is 809 g/mol. The average molecular weight is 874 g/mol. The molecule has 2 aliphatic rings. The number of unbranched alkanes of at least 4 members (excludes halogenated alkanes) is 3. The van der Waals surface area contributed by atoms with Crippen LogP contribution in [0.5, 0.6) is 0 Å². The fraction of sp³-hybridized carbons (Fsp3) is 0.327. The molecule has 0 unspecified atom stereocenters. The molecule has 1 amide bonds. The molecule has 7 rings (SSSR count). The Balaban J connectivity index is 1.27. The van der Waals surface area contributed by atoms with E-state index in [-0.39, 0.29) is 11.7 Å². The Morgan fingerprint density at radius 2 is 1.51 bits per heavy atom. The van der Waals surface area contributed by atoms with Crippen LogP contribution in [0.25, 0.3) is 37.6 Å². The van der Waals surface area contributed by atoms with Gasteiger partial charge >= 0.3 is 0 Å².